The molecule has 0 aliphatic heterocycles. The van der Waals surface area contributed by atoms with E-state index in [0.717, 1.165) is 28.1 Å². The first-order valence-electron chi connectivity index (χ1n) is 8.88. The molecule has 0 saturated heterocycles. The molecule has 0 fully saturated rings. The third-order valence-electron chi connectivity index (χ3n) is 4.32. The lowest BCUT2D eigenvalue weighted by Crippen LogP contribution is -1.98. The van der Waals surface area contributed by atoms with Gasteiger partial charge in [0.05, 0.1) is 43.3 Å². The second-order valence-electron chi connectivity index (χ2n) is 5.94. The number of fused-ring (bicyclic) bond motifs is 1. The van der Waals surface area contributed by atoms with Crippen LogP contribution in [0.2, 0.25) is 0 Å². The Morgan fingerprint density at radius 2 is 1.70 bits per heavy atom. The number of aromatic amines is 1. The van der Waals surface area contributed by atoms with E-state index in [9.17, 15) is 5.11 Å². The third-order valence-corrected chi connectivity index (χ3v) is 4.32. The number of nitrogens with one attached hydrogen (secondary N) is 1. The molecule has 0 aliphatic rings. The average molecular weight is 368 g/mol. The Kier molecular flexibility index (Phi) is 5.54. The SMILES string of the molecule is CCOc1ccc(N=C(CC)c2c(O)[nH]c3cc(OC)c(OC)cc23)cc1. The van der Waals surface area contributed by atoms with Crippen molar-refractivity contribution < 1.29 is 19.3 Å². The van der Waals surface area contributed by atoms with Crippen molar-refractivity contribution in [2.75, 3.05) is 20.8 Å². The van der Waals surface area contributed by atoms with Crippen LogP contribution in [0.4, 0.5) is 5.69 Å². The lowest BCUT2D eigenvalue weighted by Gasteiger charge is -2.09. The van der Waals surface area contributed by atoms with Crippen LogP contribution >= 0.6 is 0 Å². The minimum absolute atomic E-state index is 0.0758. The average Bonchev–Trinajstić information content (AvgIpc) is 3.01. The van der Waals surface area contributed by atoms with Crippen molar-refractivity contribution in [1.29, 1.82) is 0 Å². The van der Waals surface area contributed by atoms with Crippen LogP contribution in [0.25, 0.3) is 10.9 Å². The smallest absolute Gasteiger partial charge is 0.198 e. The normalized spacial score (nSPS) is 11.6. The predicted octanol–water partition coefficient (Wildman–Crippen LogP) is 4.82. The number of hydrogen-bond acceptors (Lipinski definition) is 5. The number of nitrogens with zero attached hydrogens (tertiary/aromatic N) is 1. The fraction of sp³-hybridized carbons (Fsp3) is 0.286. The Morgan fingerprint density at radius 3 is 2.30 bits per heavy atom. The van der Waals surface area contributed by atoms with Crippen LogP contribution in [-0.2, 0) is 0 Å². The zero-order chi connectivity index (χ0) is 19.4. The van der Waals surface area contributed by atoms with Crippen molar-refractivity contribution in [3.05, 3.63) is 42.0 Å². The molecule has 0 radical (unpaired) electrons. The van der Waals surface area contributed by atoms with E-state index < -0.39 is 0 Å². The van der Waals surface area contributed by atoms with E-state index in [-0.39, 0.29) is 5.88 Å². The van der Waals surface area contributed by atoms with Crippen LogP contribution in [0.3, 0.4) is 0 Å². The van der Waals surface area contributed by atoms with Gasteiger partial charge in [0.2, 0.25) is 0 Å². The maximum absolute atomic E-state index is 10.5. The molecule has 0 spiro atoms. The Bertz CT molecular complexity index is 958. The summed E-state index contributed by atoms with van der Waals surface area (Å²) in [5, 5.41) is 11.3. The van der Waals surface area contributed by atoms with Gasteiger partial charge in [0.25, 0.3) is 0 Å². The lowest BCUT2D eigenvalue weighted by atomic mass is 10.1. The summed E-state index contributed by atoms with van der Waals surface area (Å²) in [4.78, 5) is 7.74. The molecule has 0 bridgehead atoms. The molecular weight excluding hydrogens is 344 g/mol. The molecule has 0 saturated carbocycles. The molecule has 142 valence electrons. The zero-order valence-corrected chi connectivity index (χ0v) is 16.0. The molecule has 6 nitrogen and oxygen atoms in total. The van der Waals surface area contributed by atoms with Gasteiger partial charge in [0, 0.05) is 11.5 Å². The molecule has 6 heteroatoms. The molecule has 1 heterocycles. The van der Waals surface area contributed by atoms with Gasteiger partial charge in [-0.15, -0.1) is 0 Å². The number of aliphatic imine (C=N–C) groups is 1. The van der Waals surface area contributed by atoms with Gasteiger partial charge < -0.3 is 24.3 Å². The van der Waals surface area contributed by atoms with Crippen LogP contribution in [0, 0.1) is 0 Å². The molecule has 0 amide bonds. The number of methoxy groups -OCH3 is 2. The van der Waals surface area contributed by atoms with Crippen molar-refractivity contribution in [3.63, 3.8) is 0 Å². The summed E-state index contributed by atoms with van der Waals surface area (Å²) in [5.41, 5.74) is 3.00. The molecule has 2 N–H and O–H groups in total. The predicted molar refractivity (Wildman–Crippen MR) is 107 cm³/mol. The molecule has 1 aromatic heterocycles. The van der Waals surface area contributed by atoms with Gasteiger partial charge in [-0.1, -0.05) is 6.92 Å². The summed E-state index contributed by atoms with van der Waals surface area (Å²) in [6, 6.07) is 11.2. The molecule has 0 atom stereocenters. The number of hydrogen-bond donors (Lipinski definition) is 2. The minimum Gasteiger partial charge on any atom is -0.494 e. The number of H-pyrrole nitrogens is 1. The molecule has 0 unspecified atom stereocenters. The minimum atomic E-state index is 0.0758. The number of ether oxygens (including phenoxy) is 3. The third kappa shape index (κ3) is 3.69. The first-order chi connectivity index (χ1) is 13.1. The quantitative estimate of drug-likeness (QED) is 0.586. The van der Waals surface area contributed by atoms with Crippen molar-refractivity contribution in [2.45, 2.75) is 20.3 Å². The van der Waals surface area contributed by atoms with Crippen LogP contribution in [0.15, 0.2) is 41.4 Å². The summed E-state index contributed by atoms with van der Waals surface area (Å²) in [7, 11) is 3.17. The summed E-state index contributed by atoms with van der Waals surface area (Å²) in [5.74, 6) is 2.08. The monoisotopic (exact) mass is 368 g/mol. The Hall–Kier alpha value is -3.15. The van der Waals surface area contributed by atoms with Crippen molar-refractivity contribution >= 4 is 22.3 Å². The molecule has 27 heavy (non-hydrogen) atoms. The highest BCUT2D eigenvalue weighted by molar-refractivity contribution is 6.14. The summed E-state index contributed by atoms with van der Waals surface area (Å²) >= 11 is 0. The van der Waals surface area contributed by atoms with Gasteiger partial charge in [0.15, 0.2) is 17.4 Å². The van der Waals surface area contributed by atoms with Crippen molar-refractivity contribution in [3.8, 4) is 23.1 Å². The molecular formula is C21H24N2O4. The van der Waals surface area contributed by atoms with Gasteiger partial charge in [-0.05, 0) is 43.7 Å². The number of aromatic hydroxyl groups is 1. The first kappa shape index (κ1) is 18.6. The van der Waals surface area contributed by atoms with Crippen LogP contribution < -0.4 is 14.2 Å². The molecule has 2 aromatic carbocycles. The number of aromatic nitrogens is 1. The van der Waals surface area contributed by atoms with Crippen molar-refractivity contribution in [1.82, 2.24) is 4.98 Å². The second kappa shape index (κ2) is 8.03. The van der Waals surface area contributed by atoms with Crippen LogP contribution in [-0.4, -0.2) is 36.6 Å². The standard InChI is InChI=1S/C21H24N2O4/c1-5-16(22-13-7-9-14(10-8-13)27-6-2)20-15-11-18(25-3)19(26-4)12-17(15)23-21(20)24/h7-12,23-24H,5-6H2,1-4H3. The van der Waals surface area contributed by atoms with Gasteiger partial charge in [-0.3, -0.25) is 4.99 Å². The zero-order valence-electron chi connectivity index (χ0n) is 16.0. The number of benzene rings is 2. The highest BCUT2D eigenvalue weighted by Crippen LogP contribution is 2.37. The highest BCUT2D eigenvalue weighted by atomic mass is 16.5. The maximum Gasteiger partial charge on any atom is 0.198 e. The number of rotatable bonds is 7. The fourth-order valence-electron chi connectivity index (χ4n) is 3.05. The van der Waals surface area contributed by atoms with Crippen LogP contribution in [0.1, 0.15) is 25.8 Å². The second-order valence-corrected chi connectivity index (χ2v) is 5.94. The molecule has 3 aromatic rings. The largest absolute Gasteiger partial charge is 0.494 e. The lowest BCUT2D eigenvalue weighted by molar-refractivity contribution is 0.340. The van der Waals surface area contributed by atoms with Gasteiger partial charge >= 0.3 is 0 Å². The topological polar surface area (TPSA) is 76.1 Å². The fourth-order valence-corrected chi connectivity index (χ4v) is 3.05. The molecule has 0 aliphatic carbocycles. The van der Waals surface area contributed by atoms with E-state index in [1.54, 1.807) is 14.2 Å². The van der Waals surface area contributed by atoms with E-state index in [0.29, 0.717) is 30.1 Å². The Morgan fingerprint density at radius 1 is 1.04 bits per heavy atom. The summed E-state index contributed by atoms with van der Waals surface area (Å²) in [6.07, 6.45) is 0.655. The van der Waals surface area contributed by atoms with E-state index >= 15 is 0 Å². The maximum atomic E-state index is 10.5. The van der Waals surface area contributed by atoms with E-state index in [1.165, 1.54) is 0 Å². The van der Waals surface area contributed by atoms with E-state index in [2.05, 4.69) is 4.98 Å². The van der Waals surface area contributed by atoms with Crippen molar-refractivity contribution in [2.24, 2.45) is 4.99 Å². The Balaban J connectivity index is 2.09. The van der Waals surface area contributed by atoms with Gasteiger partial charge in [-0.25, -0.2) is 0 Å². The summed E-state index contributed by atoms with van der Waals surface area (Å²) in [6.45, 7) is 4.58. The van der Waals surface area contributed by atoms with Gasteiger partial charge in [-0.2, -0.15) is 0 Å². The van der Waals surface area contributed by atoms with E-state index in [4.69, 9.17) is 19.2 Å². The first-order valence-corrected chi connectivity index (χ1v) is 8.88. The highest BCUT2D eigenvalue weighted by Gasteiger charge is 2.18. The van der Waals surface area contributed by atoms with E-state index in [1.807, 2.05) is 50.2 Å². The Labute approximate surface area is 158 Å². The van der Waals surface area contributed by atoms with Crippen LogP contribution in [0.5, 0.6) is 23.1 Å². The summed E-state index contributed by atoms with van der Waals surface area (Å²) < 4.78 is 16.2. The molecule has 3 rings (SSSR count). The van der Waals surface area contributed by atoms with Gasteiger partial charge in [0.1, 0.15) is 5.75 Å².